The smallest absolute Gasteiger partial charge is 0.338 e. The number of hydrogen-bond donors (Lipinski definition) is 1. The molecule has 0 amide bonds. The van der Waals surface area contributed by atoms with Crippen LogP contribution < -0.4 is 24.4 Å². The van der Waals surface area contributed by atoms with Crippen LogP contribution in [0.25, 0.3) is 11.8 Å². The van der Waals surface area contributed by atoms with Gasteiger partial charge in [-0.05, 0) is 81.8 Å². The van der Waals surface area contributed by atoms with E-state index in [0.717, 1.165) is 22.6 Å². The highest BCUT2D eigenvalue weighted by atomic mass is 32.1. The summed E-state index contributed by atoms with van der Waals surface area (Å²) in [4.78, 5) is 43.8. The quantitative estimate of drug-likeness (QED) is 0.304. The van der Waals surface area contributed by atoms with Crippen molar-refractivity contribution in [3.05, 3.63) is 108 Å². The van der Waals surface area contributed by atoms with Gasteiger partial charge in [0.2, 0.25) is 0 Å². The molecule has 2 aromatic carbocycles. The van der Waals surface area contributed by atoms with E-state index in [-0.39, 0.29) is 23.3 Å². The molecular weight excluding hydrogens is 570 g/mol. The van der Waals surface area contributed by atoms with Gasteiger partial charge in [-0.15, -0.1) is 0 Å². The lowest BCUT2D eigenvalue weighted by atomic mass is 9.95. The molecule has 1 aliphatic rings. The van der Waals surface area contributed by atoms with Gasteiger partial charge in [-0.25, -0.2) is 14.6 Å². The third-order valence-electron chi connectivity index (χ3n) is 7.38. The maximum Gasteiger partial charge on any atom is 0.338 e. The number of aromatic carboxylic acids is 1. The molecular formula is C32H31N3O7S. The minimum absolute atomic E-state index is 0.168. The maximum absolute atomic E-state index is 14.1. The molecule has 0 aliphatic carbocycles. The number of thiazole rings is 1. The monoisotopic (exact) mass is 601 g/mol. The lowest BCUT2D eigenvalue weighted by Gasteiger charge is -2.26. The van der Waals surface area contributed by atoms with Gasteiger partial charge in [0.1, 0.15) is 17.5 Å². The normalized spacial score (nSPS) is 14.7. The van der Waals surface area contributed by atoms with Crippen LogP contribution in [0.2, 0.25) is 0 Å². The van der Waals surface area contributed by atoms with Gasteiger partial charge in [-0.2, -0.15) is 0 Å². The number of nitrogens with zero attached hydrogens (tertiary/aromatic N) is 3. The van der Waals surface area contributed by atoms with Crippen LogP contribution in [0.1, 0.15) is 52.8 Å². The first-order chi connectivity index (χ1) is 20.6. The van der Waals surface area contributed by atoms with Crippen molar-refractivity contribution in [1.82, 2.24) is 9.13 Å². The third kappa shape index (κ3) is 5.27. The molecule has 43 heavy (non-hydrogen) atoms. The first-order valence-electron chi connectivity index (χ1n) is 13.5. The van der Waals surface area contributed by atoms with Crippen molar-refractivity contribution in [2.75, 3.05) is 20.8 Å². The zero-order valence-electron chi connectivity index (χ0n) is 24.6. The molecule has 4 aromatic rings. The number of esters is 1. The highest BCUT2D eigenvalue weighted by Gasteiger charge is 2.35. The first kappa shape index (κ1) is 29.6. The number of fused-ring (bicyclic) bond motifs is 1. The Kier molecular flexibility index (Phi) is 8.10. The van der Waals surface area contributed by atoms with Crippen molar-refractivity contribution < 1.29 is 28.9 Å². The highest BCUT2D eigenvalue weighted by Crippen LogP contribution is 2.37. The molecule has 1 aliphatic heterocycles. The number of ether oxygens (including phenoxy) is 3. The second-order valence-corrected chi connectivity index (χ2v) is 10.9. The minimum atomic E-state index is -0.990. The summed E-state index contributed by atoms with van der Waals surface area (Å²) in [6.45, 7) is 7.51. The molecule has 2 aromatic heterocycles. The van der Waals surface area contributed by atoms with Crippen LogP contribution in [0, 0.1) is 13.8 Å². The number of rotatable bonds is 8. The van der Waals surface area contributed by atoms with Crippen molar-refractivity contribution in [3.63, 3.8) is 0 Å². The number of carbonyl (C=O) groups is 2. The van der Waals surface area contributed by atoms with Gasteiger partial charge in [0.25, 0.3) is 5.56 Å². The molecule has 5 rings (SSSR count). The van der Waals surface area contributed by atoms with Gasteiger partial charge in [0, 0.05) is 28.7 Å². The van der Waals surface area contributed by atoms with E-state index in [1.807, 2.05) is 30.6 Å². The van der Waals surface area contributed by atoms with Crippen LogP contribution in [0.15, 0.2) is 69.6 Å². The van der Waals surface area contributed by atoms with E-state index in [0.29, 0.717) is 32.1 Å². The number of carbonyl (C=O) groups excluding carboxylic acids is 1. The van der Waals surface area contributed by atoms with E-state index in [1.54, 1.807) is 63.4 Å². The second kappa shape index (κ2) is 11.8. The van der Waals surface area contributed by atoms with Crippen molar-refractivity contribution in [3.8, 4) is 17.2 Å². The largest absolute Gasteiger partial charge is 0.497 e. The third-order valence-corrected chi connectivity index (χ3v) is 8.36. The number of methoxy groups -OCH3 is 2. The molecule has 0 saturated carbocycles. The van der Waals surface area contributed by atoms with Gasteiger partial charge in [0.15, 0.2) is 4.80 Å². The van der Waals surface area contributed by atoms with Crippen molar-refractivity contribution in [1.29, 1.82) is 0 Å². The predicted molar refractivity (Wildman–Crippen MR) is 162 cm³/mol. The molecule has 1 N–H and O–H groups in total. The number of aromatic nitrogens is 2. The zero-order chi connectivity index (χ0) is 31.0. The van der Waals surface area contributed by atoms with E-state index in [4.69, 9.17) is 14.2 Å². The Morgan fingerprint density at radius 2 is 1.77 bits per heavy atom. The summed E-state index contributed by atoms with van der Waals surface area (Å²) in [5, 5.41) is 9.26. The van der Waals surface area contributed by atoms with Crippen LogP contribution in [0.3, 0.4) is 0 Å². The van der Waals surface area contributed by atoms with E-state index in [2.05, 4.69) is 4.99 Å². The van der Waals surface area contributed by atoms with Gasteiger partial charge in [0.05, 0.1) is 42.2 Å². The van der Waals surface area contributed by atoms with Crippen molar-refractivity contribution in [2.45, 2.75) is 33.7 Å². The van der Waals surface area contributed by atoms with E-state index in [1.165, 1.54) is 23.0 Å². The van der Waals surface area contributed by atoms with E-state index >= 15 is 0 Å². The van der Waals surface area contributed by atoms with Gasteiger partial charge in [-0.3, -0.25) is 9.36 Å². The Hall–Kier alpha value is -4.90. The topological polar surface area (TPSA) is 121 Å². The molecule has 222 valence electrons. The number of allylic oxidation sites excluding steroid dienone is 1. The fourth-order valence-electron chi connectivity index (χ4n) is 5.36. The number of carboxylic acids is 1. The first-order valence-corrected chi connectivity index (χ1v) is 14.4. The fourth-order valence-corrected chi connectivity index (χ4v) is 6.39. The Bertz CT molecular complexity index is 1960. The summed E-state index contributed by atoms with van der Waals surface area (Å²) in [6, 6.07) is 13.0. The molecule has 0 fully saturated rings. The summed E-state index contributed by atoms with van der Waals surface area (Å²) < 4.78 is 20.4. The molecule has 0 radical (unpaired) electrons. The molecule has 0 saturated heterocycles. The summed E-state index contributed by atoms with van der Waals surface area (Å²) in [5.74, 6) is -0.527. The average molecular weight is 602 g/mol. The molecule has 11 heteroatoms. The van der Waals surface area contributed by atoms with Crippen LogP contribution in [0.5, 0.6) is 11.5 Å². The minimum Gasteiger partial charge on any atom is -0.497 e. The Balaban J connectivity index is 1.69. The van der Waals surface area contributed by atoms with Crippen LogP contribution >= 0.6 is 11.3 Å². The Morgan fingerprint density at radius 3 is 2.40 bits per heavy atom. The fraction of sp³-hybridized carbons (Fsp3) is 0.250. The second-order valence-electron chi connectivity index (χ2n) is 9.92. The van der Waals surface area contributed by atoms with Crippen molar-refractivity contribution in [2.24, 2.45) is 4.99 Å². The van der Waals surface area contributed by atoms with E-state index in [9.17, 15) is 19.5 Å². The number of benzene rings is 2. The summed E-state index contributed by atoms with van der Waals surface area (Å²) in [7, 11) is 3.07. The molecule has 3 heterocycles. The molecule has 0 unspecified atom stereocenters. The van der Waals surface area contributed by atoms with Crippen LogP contribution in [-0.2, 0) is 9.53 Å². The zero-order valence-corrected chi connectivity index (χ0v) is 25.4. The Morgan fingerprint density at radius 1 is 1.05 bits per heavy atom. The number of aryl methyl sites for hydroxylation is 1. The Labute approximate surface area is 251 Å². The average Bonchev–Trinajstić information content (AvgIpc) is 3.45. The highest BCUT2D eigenvalue weighted by molar-refractivity contribution is 7.07. The lowest BCUT2D eigenvalue weighted by Crippen LogP contribution is -2.40. The predicted octanol–water partition coefficient (Wildman–Crippen LogP) is 3.92. The van der Waals surface area contributed by atoms with Gasteiger partial charge in [-0.1, -0.05) is 11.3 Å². The summed E-state index contributed by atoms with van der Waals surface area (Å²) >= 11 is 1.23. The number of hydrogen-bond acceptors (Lipinski definition) is 8. The number of carboxylic acid groups (broad SMARTS) is 1. The summed E-state index contributed by atoms with van der Waals surface area (Å²) in [5.41, 5.74) is 4.63. The molecule has 0 spiro atoms. The van der Waals surface area contributed by atoms with Gasteiger partial charge < -0.3 is 23.9 Å². The molecule has 0 bridgehead atoms. The van der Waals surface area contributed by atoms with Crippen LogP contribution in [-0.4, -0.2) is 47.0 Å². The van der Waals surface area contributed by atoms with Crippen molar-refractivity contribution >= 4 is 29.4 Å². The SMILES string of the molecule is CCOC(=O)C1=C(C)N=c2s/c(=C/c3cc(C)n(-c4ccc(C(=O)O)cc4)c3C)c(=O)n2[C@H]1c1ccc(OC)cc1OC. The molecule has 1 atom stereocenters. The van der Waals surface area contributed by atoms with E-state index < -0.39 is 18.0 Å². The summed E-state index contributed by atoms with van der Waals surface area (Å²) in [6.07, 6.45) is 1.82. The standard InChI is InChI=1S/C32H31N3O7S/c1-7-42-31(39)27-18(3)33-32-35(28(27)24-13-12-23(40-5)16-25(24)41-6)29(36)26(43-32)15-21-14-17(2)34(19(21)4)22-10-8-20(9-11-22)30(37)38/h8-16,28H,7H2,1-6H3,(H,37,38)/b26-15+/t28-/m0/s1. The van der Waals surface area contributed by atoms with Gasteiger partial charge >= 0.3 is 11.9 Å². The lowest BCUT2D eigenvalue weighted by molar-refractivity contribution is -0.139. The van der Waals surface area contributed by atoms with Crippen LogP contribution in [0.4, 0.5) is 0 Å². The maximum atomic E-state index is 14.1. The molecule has 10 nitrogen and oxygen atoms in total.